The molecule has 3 rings (SSSR count). The predicted octanol–water partition coefficient (Wildman–Crippen LogP) is 4.36. The minimum absolute atomic E-state index is 0.0163. The Morgan fingerprint density at radius 3 is 2.30 bits per heavy atom. The molecule has 0 heterocycles. The molecule has 5 nitrogen and oxygen atoms in total. The van der Waals surface area contributed by atoms with Crippen molar-refractivity contribution in [2.24, 2.45) is 11.8 Å². The Bertz CT molecular complexity index is 817. The third-order valence-electron chi connectivity index (χ3n) is 4.24. The van der Waals surface area contributed by atoms with Crippen LogP contribution in [0.25, 0.3) is 11.1 Å². The Labute approximate surface area is 153 Å². The van der Waals surface area contributed by atoms with E-state index in [9.17, 15) is 18.0 Å². The maximum atomic E-state index is 12.5. The molecule has 1 saturated carbocycles. The van der Waals surface area contributed by atoms with Crippen LogP contribution in [0.2, 0.25) is 0 Å². The average Bonchev–Trinajstić information content (AvgIpc) is 3.38. The number of aliphatic carboxylic acids is 1. The summed E-state index contributed by atoms with van der Waals surface area (Å²) in [4.78, 5) is 10.8. The van der Waals surface area contributed by atoms with E-state index in [0.717, 1.165) is 6.07 Å². The molecule has 2 aromatic rings. The Morgan fingerprint density at radius 1 is 1.07 bits per heavy atom. The number of carbonyl (C=O) groups is 1. The first-order valence-electron chi connectivity index (χ1n) is 8.16. The molecule has 2 aromatic carbocycles. The summed E-state index contributed by atoms with van der Waals surface area (Å²) in [5.41, 5.74) is 1.15. The molecule has 0 saturated heterocycles. The maximum Gasteiger partial charge on any atom is 0.573 e. The lowest BCUT2D eigenvalue weighted by Gasteiger charge is -2.13. The fraction of sp³-hybridized carbons (Fsp3) is 0.316. The number of rotatable bonds is 7. The van der Waals surface area contributed by atoms with Gasteiger partial charge in [0.1, 0.15) is 17.2 Å². The van der Waals surface area contributed by atoms with Gasteiger partial charge in [-0.3, -0.25) is 4.79 Å². The molecule has 0 aromatic heterocycles. The summed E-state index contributed by atoms with van der Waals surface area (Å²) in [5, 5.41) is 8.87. The van der Waals surface area contributed by atoms with Gasteiger partial charge in [0.2, 0.25) is 0 Å². The molecule has 144 valence electrons. The van der Waals surface area contributed by atoms with Crippen LogP contribution in [0.15, 0.2) is 42.5 Å². The second-order valence-corrected chi connectivity index (χ2v) is 6.22. The smallest absolute Gasteiger partial charge is 0.497 e. The van der Waals surface area contributed by atoms with E-state index in [1.54, 1.807) is 30.3 Å². The van der Waals surface area contributed by atoms with Gasteiger partial charge in [0.05, 0.1) is 19.6 Å². The molecular weight excluding hydrogens is 365 g/mol. The van der Waals surface area contributed by atoms with Crippen LogP contribution < -0.4 is 14.2 Å². The first kappa shape index (κ1) is 18.9. The van der Waals surface area contributed by atoms with Crippen LogP contribution in [0.1, 0.15) is 6.42 Å². The molecule has 0 radical (unpaired) electrons. The zero-order chi connectivity index (χ0) is 19.6. The number of methoxy groups -OCH3 is 1. The summed E-state index contributed by atoms with van der Waals surface area (Å²) in [6.45, 7) is 0.318. The predicted molar refractivity (Wildman–Crippen MR) is 89.8 cm³/mol. The first-order chi connectivity index (χ1) is 12.7. The molecule has 27 heavy (non-hydrogen) atoms. The second kappa shape index (κ2) is 7.38. The summed E-state index contributed by atoms with van der Waals surface area (Å²) < 4.78 is 52.0. The van der Waals surface area contributed by atoms with Crippen LogP contribution in [-0.4, -0.2) is 31.2 Å². The highest BCUT2D eigenvalue weighted by atomic mass is 19.4. The largest absolute Gasteiger partial charge is 0.573 e. The summed E-state index contributed by atoms with van der Waals surface area (Å²) >= 11 is 0. The first-order valence-corrected chi connectivity index (χ1v) is 8.16. The third-order valence-corrected chi connectivity index (χ3v) is 4.24. The number of carboxylic acid groups (broad SMARTS) is 1. The lowest BCUT2D eigenvalue weighted by molar-refractivity contribution is -0.274. The topological polar surface area (TPSA) is 65.0 Å². The quantitative estimate of drug-likeness (QED) is 0.771. The zero-order valence-electron chi connectivity index (χ0n) is 14.3. The summed E-state index contributed by atoms with van der Waals surface area (Å²) in [6.07, 6.45) is -4.18. The Hall–Kier alpha value is -2.90. The van der Waals surface area contributed by atoms with Crippen molar-refractivity contribution in [3.05, 3.63) is 42.5 Å². The number of halogens is 3. The monoisotopic (exact) mass is 382 g/mol. The number of hydrogen-bond acceptors (Lipinski definition) is 4. The highest BCUT2D eigenvalue weighted by molar-refractivity contribution is 5.73. The van der Waals surface area contributed by atoms with Crippen LogP contribution in [0.3, 0.4) is 0 Å². The molecule has 1 N–H and O–H groups in total. The highest BCUT2D eigenvalue weighted by Crippen LogP contribution is 2.39. The van der Waals surface area contributed by atoms with Crippen molar-refractivity contribution < 1.29 is 37.3 Å². The van der Waals surface area contributed by atoms with Gasteiger partial charge in [-0.05, 0) is 41.8 Å². The van der Waals surface area contributed by atoms with Gasteiger partial charge >= 0.3 is 12.3 Å². The van der Waals surface area contributed by atoms with Crippen molar-refractivity contribution in [3.63, 3.8) is 0 Å². The number of ether oxygens (including phenoxy) is 3. The summed E-state index contributed by atoms with van der Waals surface area (Å²) in [7, 11) is 1.36. The van der Waals surface area contributed by atoms with Crippen molar-refractivity contribution in [2.75, 3.05) is 13.7 Å². The molecule has 1 aliphatic rings. The molecule has 1 fully saturated rings. The molecule has 0 unspecified atom stereocenters. The standard InChI is InChI=1S/C19H17F3O5/c1-25-15-6-12(7-16(9-15)27-19(20,21)22)11-2-4-14(5-3-11)26-10-13-8-17(13)18(23)24/h2-7,9,13,17H,8,10H2,1H3,(H,23,24)/t13-,17+/m0/s1. The molecule has 1 aliphatic carbocycles. The van der Waals surface area contributed by atoms with Gasteiger partial charge < -0.3 is 19.3 Å². The SMILES string of the molecule is COc1cc(OC(F)(F)F)cc(-c2ccc(OC[C@@H]3C[C@H]3C(=O)O)cc2)c1. The van der Waals surface area contributed by atoms with E-state index in [2.05, 4.69) is 4.74 Å². The molecule has 2 atom stereocenters. The van der Waals surface area contributed by atoms with Crippen molar-refractivity contribution in [1.29, 1.82) is 0 Å². The Morgan fingerprint density at radius 2 is 1.74 bits per heavy atom. The van der Waals surface area contributed by atoms with E-state index < -0.39 is 12.3 Å². The van der Waals surface area contributed by atoms with E-state index >= 15 is 0 Å². The molecule has 8 heteroatoms. The maximum absolute atomic E-state index is 12.5. The van der Waals surface area contributed by atoms with Crippen LogP contribution in [0.4, 0.5) is 13.2 Å². The Balaban J connectivity index is 1.70. The van der Waals surface area contributed by atoms with Crippen LogP contribution in [-0.2, 0) is 4.79 Å². The van der Waals surface area contributed by atoms with Gasteiger partial charge in [0, 0.05) is 12.0 Å². The molecule has 0 bridgehead atoms. The minimum atomic E-state index is -4.79. The van der Waals surface area contributed by atoms with Crippen molar-refractivity contribution in [3.8, 4) is 28.4 Å². The van der Waals surface area contributed by atoms with E-state index in [1.807, 2.05) is 0 Å². The molecule has 0 amide bonds. The third kappa shape index (κ3) is 5.06. The lowest BCUT2D eigenvalue weighted by atomic mass is 10.0. The van der Waals surface area contributed by atoms with Gasteiger partial charge in [0.15, 0.2) is 0 Å². The van der Waals surface area contributed by atoms with Gasteiger partial charge in [0.25, 0.3) is 0 Å². The fourth-order valence-corrected chi connectivity index (χ4v) is 2.73. The molecule has 0 spiro atoms. The minimum Gasteiger partial charge on any atom is -0.497 e. The average molecular weight is 382 g/mol. The van der Waals surface area contributed by atoms with Gasteiger partial charge in [-0.15, -0.1) is 13.2 Å². The normalized spacial score (nSPS) is 18.7. The second-order valence-electron chi connectivity index (χ2n) is 6.22. The van der Waals surface area contributed by atoms with Crippen molar-refractivity contribution in [2.45, 2.75) is 12.8 Å². The van der Waals surface area contributed by atoms with Crippen LogP contribution in [0.5, 0.6) is 17.2 Å². The summed E-state index contributed by atoms with van der Waals surface area (Å²) in [5.74, 6) is -0.708. The van der Waals surface area contributed by atoms with E-state index in [1.165, 1.54) is 13.2 Å². The van der Waals surface area contributed by atoms with Crippen molar-refractivity contribution in [1.82, 2.24) is 0 Å². The number of benzene rings is 2. The fourth-order valence-electron chi connectivity index (χ4n) is 2.73. The Kier molecular flexibility index (Phi) is 5.16. The molecular formula is C19H17F3O5. The summed E-state index contributed by atoms with van der Waals surface area (Å²) in [6, 6.07) is 10.8. The number of alkyl halides is 3. The van der Waals surface area contributed by atoms with E-state index in [4.69, 9.17) is 14.6 Å². The van der Waals surface area contributed by atoms with Crippen LogP contribution in [0, 0.1) is 11.8 Å². The van der Waals surface area contributed by atoms with Gasteiger partial charge in [-0.1, -0.05) is 12.1 Å². The lowest BCUT2D eigenvalue weighted by Crippen LogP contribution is -2.17. The van der Waals surface area contributed by atoms with E-state index in [0.29, 0.717) is 29.9 Å². The van der Waals surface area contributed by atoms with Crippen LogP contribution >= 0.6 is 0 Å². The number of hydrogen-bond donors (Lipinski definition) is 1. The molecule has 0 aliphatic heterocycles. The highest BCUT2D eigenvalue weighted by Gasteiger charge is 2.43. The number of carboxylic acids is 1. The van der Waals surface area contributed by atoms with Gasteiger partial charge in [-0.25, -0.2) is 0 Å². The van der Waals surface area contributed by atoms with E-state index in [-0.39, 0.29) is 23.3 Å². The zero-order valence-corrected chi connectivity index (χ0v) is 14.3. The van der Waals surface area contributed by atoms with Gasteiger partial charge in [-0.2, -0.15) is 0 Å². The van der Waals surface area contributed by atoms with Crippen molar-refractivity contribution >= 4 is 5.97 Å².